The summed E-state index contributed by atoms with van der Waals surface area (Å²) in [5.74, 6) is 1.82. The number of allylic oxidation sites excluding steroid dienone is 5. The van der Waals surface area contributed by atoms with Crippen molar-refractivity contribution in [2.45, 2.75) is 6.42 Å². The fourth-order valence-corrected chi connectivity index (χ4v) is 6.30. The largest absolute Gasteiger partial charge is 0.455 e. The zero-order valence-corrected chi connectivity index (χ0v) is 27.4. The number of hydrogen-bond acceptors (Lipinski definition) is 4. The Morgan fingerprint density at radius 3 is 1.80 bits per heavy atom. The Morgan fingerprint density at radius 1 is 0.500 bits per heavy atom. The Bertz CT molecular complexity index is 2500. The summed E-state index contributed by atoms with van der Waals surface area (Å²) in [6, 6.07) is 50.0. The highest BCUT2D eigenvalue weighted by Crippen LogP contribution is 2.42. The van der Waals surface area contributed by atoms with Gasteiger partial charge in [-0.1, -0.05) is 164 Å². The molecule has 8 aromatic rings. The first-order valence-corrected chi connectivity index (χ1v) is 16.7. The molecule has 2 heterocycles. The average Bonchev–Trinajstić information content (AvgIpc) is 3.57. The monoisotopic (exact) mass is 643 g/mol. The van der Waals surface area contributed by atoms with Crippen molar-refractivity contribution in [1.82, 2.24) is 15.0 Å². The van der Waals surface area contributed by atoms with E-state index in [4.69, 9.17) is 19.4 Å². The van der Waals surface area contributed by atoms with Crippen LogP contribution in [0.1, 0.15) is 5.56 Å². The molecule has 0 N–H and O–H groups in total. The molecular formula is C46H33N3O. The zero-order valence-electron chi connectivity index (χ0n) is 27.4. The number of rotatable bonds is 9. The molecule has 2 aromatic heterocycles. The van der Waals surface area contributed by atoms with E-state index in [0.717, 1.165) is 67.3 Å². The maximum Gasteiger partial charge on any atom is 0.164 e. The molecule has 0 radical (unpaired) electrons. The van der Waals surface area contributed by atoms with E-state index in [1.165, 1.54) is 5.56 Å². The van der Waals surface area contributed by atoms with Crippen LogP contribution in [0.2, 0.25) is 0 Å². The summed E-state index contributed by atoms with van der Waals surface area (Å²) in [6.45, 7) is 3.72. The van der Waals surface area contributed by atoms with Crippen molar-refractivity contribution < 1.29 is 4.42 Å². The molecule has 0 aliphatic carbocycles. The van der Waals surface area contributed by atoms with Crippen molar-refractivity contribution in [2.75, 3.05) is 0 Å². The van der Waals surface area contributed by atoms with Gasteiger partial charge in [-0.3, -0.25) is 0 Å². The summed E-state index contributed by atoms with van der Waals surface area (Å²) in [5, 5.41) is 1.99. The van der Waals surface area contributed by atoms with Gasteiger partial charge < -0.3 is 4.42 Å². The summed E-state index contributed by atoms with van der Waals surface area (Å²) in [6.07, 6.45) is 10.7. The summed E-state index contributed by atoms with van der Waals surface area (Å²) in [7, 11) is 0. The van der Waals surface area contributed by atoms with Crippen LogP contribution in [0, 0.1) is 0 Å². The summed E-state index contributed by atoms with van der Waals surface area (Å²) >= 11 is 0. The summed E-state index contributed by atoms with van der Waals surface area (Å²) in [4.78, 5) is 15.2. The van der Waals surface area contributed by atoms with Gasteiger partial charge in [-0.05, 0) is 46.9 Å². The van der Waals surface area contributed by atoms with Gasteiger partial charge >= 0.3 is 0 Å². The molecule has 0 aliphatic heterocycles. The minimum absolute atomic E-state index is 0.592. The van der Waals surface area contributed by atoms with Gasteiger partial charge in [0.1, 0.15) is 11.2 Å². The molecule has 0 atom stereocenters. The SMILES string of the molecule is C=C/C=C\C=C/Cc1ccc(-c2nc(-c3ccccc3)nc(-c3cccc4oc5c(-c6ccccc6)cc(-c6ccccc6)cc5c34)n2)cc1. The van der Waals surface area contributed by atoms with E-state index in [9.17, 15) is 0 Å². The Balaban J connectivity index is 1.31. The number of nitrogens with zero attached hydrogens (tertiary/aromatic N) is 3. The molecule has 0 saturated heterocycles. The minimum atomic E-state index is 0.592. The third kappa shape index (κ3) is 6.18. The fourth-order valence-electron chi connectivity index (χ4n) is 6.30. The Kier molecular flexibility index (Phi) is 8.49. The van der Waals surface area contributed by atoms with E-state index in [1.807, 2.05) is 72.8 Å². The molecule has 50 heavy (non-hydrogen) atoms. The van der Waals surface area contributed by atoms with Gasteiger partial charge in [0.05, 0.1) is 0 Å². The third-order valence-corrected chi connectivity index (χ3v) is 8.76. The lowest BCUT2D eigenvalue weighted by molar-refractivity contribution is 0.670. The summed E-state index contributed by atoms with van der Waals surface area (Å²) < 4.78 is 6.70. The molecule has 0 amide bonds. The zero-order chi connectivity index (χ0) is 33.7. The van der Waals surface area contributed by atoms with E-state index in [1.54, 1.807) is 6.08 Å². The van der Waals surface area contributed by atoms with Crippen molar-refractivity contribution in [3.8, 4) is 56.4 Å². The fraction of sp³-hybridized carbons (Fsp3) is 0.0217. The van der Waals surface area contributed by atoms with E-state index in [0.29, 0.717) is 17.5 Å². The van der Waals surface area contributed by atoms with Crippen LogP contribution in [-0.4, -0.2) is 15.0 Å². The highest BCUT2D eigenvalue weighted by Gasteiger charge is 2.20. The molecule has 8 rings (SSSR count). The van der Waals surface area contributed by atoms with E-state index in [2.05, 4.69) is 104 Å². The van der Waals surface area contributed by atoms with Crippen LogP contribution >= 0.6 is 0 Å². The Labute approximate surface area is 291 Å². The van der Waals surface area contributed by atoms with Crippen molar-refractivity contribution in [3.05, 3.63) is 188 Å². The quantitative estimate of drug-likeness (QED) is 0.147. The summed E-state index contributed by atoms with van der Waals surface area (Å²) in [5.41, 5.74) is 9.94. The number of hydrogen-bond donors (Lipinski definition) is 0. The predicted octanol–water partition coefficient (Wildman–Crippen LogP) is 11.9. The van der Waals surface area contributed by atoms with Gasteiger partial charge in [-0.25, -0.2) is 15.0 Å². The highest BCUT2D eigenvalue weighted by atomic mass is 16.3. The van der Waals surface area contributed by atoms with Gasteiger partial charge in [0.2, 0.25) is 0 Å². The molecule has 4 nitrogen and oxygen atoms in total. The molecule has 0 unspecified atom stereocenters. The molecular weight excluding hydrogens is 611 g/mol. The van der Waals surface area contributed by atoms with Crippen molar-refractivity contribution in [2.24, 2.45) is 0 Å². The molecule has 0 aliphatic rings. The van der Waals surface area contributed by atoms with E-state index in [-0.39, 0.29) is 0 Å². The first-order valence-electron chi connectivity index (χ1n) is 16.7. The lowest BCUT2D eigenvalue weighted by atomic mass is 9.95. The number of furan rings is 1. The number of fused-ring (bicyclic) bond motifs is 3. The lowest BCUT2D eigenvalue weighted by Crippen LogP contribution is -2.00. The lowest BCUT2D eigenvalue weighted by Gasteiger charge is -2.10. The molecule has 6 aromatic carbocycles. The van der Waals surface area contributed by atoms with E-state index >= 15 is 0 Å². The van der Waals surface area contributed by atoms with Crippen LogP contribution in [0.5, 0.6) is 0 Å². The van der Waals surface area contributed by atoms with Crippen molar-refractivity contribution in [3.63, 3.8) is 0 Å². The molecule has 0 spiro atoms. The third-order valence-electron chi connectivity index (χ3n) is 8.76. The maximum atomic E-state index is 6.70. The van der Waals surface area contributed by atoms with Crippen LogP contribution in [0.25, 0.3) is 78.4 Å². The second-order valence-electron chi connectivity index (χ2n) is 12.0. The Hall–Kier alpha value is -6.65. The van der Waals surface area contributed by atoms with Gasteiger partial charge in [-0.2, -0.15) is 0 Å². The van der Waals surface area contributed by atoms with Crippen molar-refractivity contribution in [1.29, 1.82) is 0 Å². The molecule has 0 saturated carbocycles. The van der Waals surface area contributed by atoms with Crippen molar-refractivity contribution >= 4 is 21.9 Å². The van der Waals surface area contributed by atoms with Crippen LogP contribution in [0.15, 0.2) is 187 Å². The molecule has 4 heteroatoms. The molecule has 0 bridgehead atoms. The molecule has 238 valence electrons. The average molecular weight is 644 g/mol. The number of aromatic nitrogens is 3. The first kappa shape index (κ1) is 30.7. The Morgan fingerprint density at radius 2 is 1.12 bits per heavy atom. The smallest absolute Gasteiger partial charge is 0.164 e. The maximum absolute atomic E-state index is 6.70. The second kappa shape index (κ2) is 13.8. The second-order valence-corrected chi connectivity index (χ2v) is 12.0. The normalized spacial score (nSPS) is 11.6. The standard InChI is InChI=1S/C46H33N3O/c1-2-3-4-5-9-17-32-26-28-36(29-27-32)45-47-44(35-22-14-8-15-23-35)48-46(49-45)38-24-16-25-41-42(38)40-31-37(33-18-10-6-11-19-33)30-39(43(40)50-41)34-20-12-7-13-21-34/h2-16,18-31H,1,17H2/b4-3-,9-5-. The van der Waals surface area contributed by atoms with E-state index < -0.39 is 0 Å². The topological polar surface area (TPSA) is 51.8 Å². The van der Waals surface area contributed by atoms with Crippen LogP contribution in [0.4, 0.5) is 0 Å². The van der Waals surface area contributed by atoms with Crippen LogP contribution in [0.3, 0.4) is 0 Å². The van der Waals surface area contributed by atoms with Crippen LogP contribution in [-0.2, 0) is 6.42 Å². The first-order chi connectivity index (χ1) is 24.7. The molecule has 0 fully saturated rings. The highest BCUT2D eigenvalue weighted by molar-refractivity contribution is 6.16. The van der Waals surface area contributed by atoms with Gasteiger partial charge in [-0.15, -0.1) is 0 Å². The predicted molar refractivity (Wildman–Crippen MR) is 206 cm³/mol. The number of benzene rings is 6. The van der Waals surface area contributed by atoms with Gasteiger partial charge in [0, 0.05) is 33.0 Å². The minimum Gasteiger partial charge on any atom is -0.455 e. The van der Waals surface area contributed by atoms with Crippen LogP contribution < -0.4 is 0 Å². The van der Waals surface area contributed by atoms with Gasteiger partial charge in [0.15, 0.2) is 17.5 Å². The van der Waals surface area contributed by atoms with Gasteiger partial charge in [0.25, 0.3) is 0 Å².